The summed E-state index contributed by atoms with van der Waals surface area (Å²) in [6, 6.07) is 6.74. The highest BCUT2D eigenvalue weighted by Crippen LogP contribution is 2.64. The number of ketones is 1. The average molecular weight is 317 g/mol. The van der Waals surface area contributed by atoms with Crippen LogP contribution in [-0.4, -0.2) is 29.8 Å². The van der Waals surface area contributed by atoms with E-state index >= 15 is 0 Å². The van der Waals surface area contributed by atoms with Gasteiger partial charge in [-0.05, 0) is 19.1 Å². The first-order valence-corrected chi connectivity index (χ1v) is 6.79. The van der Waals surface area contributed by atoms with Gasteiger partial charge in [0.15, 0.2) is 6.61 Å². The molecule has 6 heteroatoms. The second-order valence-corrected chi connectivity index (χ2v) is 6.40. The van der Waals surface area contributed by atoms with Crippen molar-refractivity contribution < 1.29 is 19.1 Å². The van der Waals surface area contributed by atoms with Crippen molar-refractivity contribution in [2.24, 2.45) is 5.41 Å². The van der Waals surface area contributed by atoms with Gasteiger partial charge in [-0.15, -0.1) is 23.2 Å². The molecule has 0 N–H and O–H groups in total. The van der Waals surface area contributed by atoms with Crippen molar-refractivity contribution in [3.63, 3.8) is 0 Å². The van der Waals surface area contributed by atoms with Crippen molar-refractivity contribution in [3.05, 3.63) is 29.8 Å². The van der Waals surface area contributed by atoms with Crippen LogP contribution in [0.25, 0.3) is 0 Å². The lowest BCUT2D eigenvalue weighted by molar-refractivity contribution is -0.148. The van der Waals surface area contributed by atoms with Crippen molar-refractivity contribution in [3.8, 4) is 5.75 Å². The molecule has 1 saturated carbocycles. The number of hydrogen-bond acceptors (Lipinski definition) is 4. The Labute approximate surface area is 127 Å². The molecule has 0 spiro atoms. The molecule has 4 nitrogen and oxygen atoms in total. The quantitative estimate of drug-likeness (QED) is 0.476. The summed E-state index contributed by atoms with van der Waals surface area (Å²) < 4.78 is 8.99. The zero-order valence-electron chi connectivity index (χ0n) is 11.1. The average Bonchev–Trinajstić information content (AvgIpc) is 2.95. The third-order valence-electron chi connectivity index (χ3n) is 3.45. The molecule has 1 aromatic carbocycles. The fourth-order valence-electron chi connectivity index (χ4n) is 1.86. The fraction of sp³-hybridized carbons (Fsp3) is 0.429. The van der Waals surface area contributed by atoms with Gasteiger partial charge in [0, 0.05) is 6.42 Å². The molecule has 1 fully saturated rings. The van der Waals surface area contributed by atoms with Gasteiger partial charge in [0.1, 0.15) is 15.5 Å². The van der Waals surface area contributed by atoms with E-state index in [0.717, 1.165) is 0 Å². The number of hydrogen-bond donors (Lipinski definition) is 0. The molecule has 0 amide bonds. The fourth-order valence-corrected chi connectivity index (χ4v) is 2.55. The van der Waals surface area contributed by atoms with Gasteiger partial charge in [-0.2, -0.15) is 0 Å². The Morgan fingerprint density at radius 1 is 1.30 bits per heavy atom. The van der Waals surface area contributed by atoms with E-state index in [1.807, 2.05) is 0 Å². The minimum absolute atomic E-state index is 0.324. The summed E-state index contributed by atoms with van der Waals surface area (Å²) in [5.74, 6) is -0.462. The van der Waals surface area contributed by atoms with Gasteiger partial charge in [-0.3, -0.25) is 9.59 Å². The molecule has 20 heavy (non-hydrogen) atoms. The van der Waals surface area contributed by atoms with E-state index in [-0.39, 0.29) is 12.4 Å². The lowest BCUT2D eigenvalue weighted by atomic mass is 10.1. The zero-order chi connectivity index (χ0) is 15.0. The standard InChI is InChI=1S/C14H14Cl2O4/c1-13(8-14(13,15)16)12(18)20-7-10(17)9-5-3-4-6-11(9)19-2/h3-6H,7-8H2,1-2H3/t13-/m1/s1. The first-order chi connectivity index (χ1) is 9.32. The summed E-state index contributed by atoms with van der Waals surface area (Å²) in [5, 5.41) is 0. The molecule has 0 aliphatic heterocycles. The van der Waals surface area contributed by atoms with Crippen LogP contribution in [0.2, 0.25) is 0 Å². The number of para-hydroxylation sites is 1. The zero-order valence-corrected chi connectivity index (χ0v) is 12.6. The van der Waals surface area contributed by atoms with Crippen LogP contribution in [0.4, 0.5) is 0 Å². The number of ether oxygens (including phenoxy) is 2. The SMILES string of the molecule is COc1ccccc1C(=O)COC(=O)[C@@]1(C)CC1(Cl)Cl. The molecule has 1 aliphatic rings. The number of alkyl halides is 2. The summed E-state index contributed by atoms with van der Waals surface area (Å²) >= 11 is 11.8. The summed E-state index contributed by atoms with van der Waals surface area (Å²) in [5.41, 5.74) is -0.566. The number of rotatable bonds is 5. The molecule has 1 aromatic rings. The Hall–Kier alpha value is -1.26. The predicted molar refractivity (Wildman–Crippen MR) is 75.4 cm³/mol. The van der Waals surface area contributed by atoms with Crippen LogP contribution in [0.5, 0.6) is 5.75 Å². The molecule has 0 heterocycles. The normalized spacial score (nSPS) is 23.0. The van der Waals surface area contributed by atoms with Crippen molar-refractivity contribution in [1.82, 2.24) is 0 Å². The third-order valence-corrected chi connectivity index (χ3v) is 4.55. The molecule has 0 unspecified atom stereocenters. The third kappa shape index (κ3) is 2.63. The molecule has 0 saturated heterocycles. The molecule has 108 valence electrons. The maximum atomic E-state index is 12.0. The second kappa shape index (κ2) is 5.26. The smallest absolute Gasteiger partial charge is 0.315 e. The number of methoxy groups -OCH3 is 1. The molecule has 1 aliphatic carbocycles. The number of halogens is 2. The highest BCUT2D eigenvalue weighted by atomic mass is 35.5. The maximum Gasteiger partial charge on any atom is 0.315 e. The van der Waals surface area contributed by atoms with Crippen molar-refractivity contribution in [2.45, 2.75) is 17.7 Å². The number of carbonyl (C=O) groups excluding carboxylic acids is 2. The lowest BCUT2D eigenvalue weighted by Gasteiger charge is -2.12. The van der Waals surface area contributed by atoms with Crippen LogP contribution in [0, 0.1) is 5.41 Å². The van der Waals surface area contributed by atoms with Gasteiger partial charge in [-0.1, -0.05) is 12.1 Å². The van der Waals surface area contributed by atoms with Crippen molar-refractivity contribution >= 4 is 35.0 Å². The predicted octanol–water partition coefficient (Wildman–Crippen LogP) is 3.01. The van der Waals surface area contributed by atoms with Gasteiger partial charge in [-0.25, -0.2) is 0 Å². The Kier molecular flexibility index (Phi) is 3.98. The summed E-state index contributed by atoms with van der Waals surface area (Å²) in [7, 11) is 1.47. The second-order valence-electron chi connectivity index (χ2n) is 4.91. The monoisotopic (exact) mass is 316 g/mol. The first kappa shape index (κ1) is 15.1. The minimum atomic E-state index is -1.10. The largest absolute Gasteiger partial charge is 0.496 e. The Morgan fingerprint density at radius 2 is 1.90 bits per heavy atom. The molecular weight excluding hydrogens is 303 g/mol. The topological polar surface area (TPSA) is 52.6 Å². The first-order valence-electron chi connectivity index (χ1n) is 6.03. The molecule has 2 rings (SSSR count). The van der Waals surface area contributed by atoms with Crippen LogP contribution >= 0.6 is 23.2 Å². The van der Waals surface area contributed by atoms with Crippen LogP contribution in [0.3, 0.4) is 0 Å². The maximum absolute atomic E-state index is 12.0. The van der Waals surface area contributed by atoms with Crippen molar-refractivity contribution in [2.75, 3.05) is 13.7 Å². The van der Waals surface area contributed by atoms with Crippen LogP contribution in [0.1, 0.15) is 23.7 Å². The van der Waals surface area contributed by atoms with E-state index in [9.17, 15) is 9.59 Å². The van der Waals surface area contributed by atoms with E-state index in [1.54, 1.807) is 31.2 Å². The summed E-state index contributed by atoms with van der Waals surface area (Å²) in [4.78, 5) is 23.9. The Bertz CT molecular complexity index is 556. The van der Waals surface area contributed by atoms with E-state index in [0.29, 0.717) is 17.7 Å². The minimum Gasteiger partial charge on any atom is -0.496 e. The van der Waals surface area contributed by atoms with E-state index in [1.165, 1.54) is 7.11 Å². The van der Waals surface area contributed by atoms with E-state index < -0.39 is 15.7 Å². The molecular formula is C14H14Cl2O4. The van der Waals surface area contributed by atoms with Crippen LogP contribution in [0.15, 0.2) is 24.3 Å². The van der Waals surface area contributed by atoms with Gasteiger partial charge in [0.05, 0.1) is 12.7 Å². The number of esters is 1. The van der Waals surface area contributed by atoms with Crippen LogP contribution in [-0.2, 0) is 9.53 Å². The van der Waals surface area contributed by atoms with Gasteiger partial charge < -0.3 is 9.47 Å². The summed E-state index contributed by atoms with van der Waals surface area (Å²) in [6.45, 7) is 1.25. The van der Waals surface area contributed by atoms with Gasteiger partial charge >= 0.3 is 5.97 Å². The van der Waals surface area contributed by atoms with Gasteiger partial charge in [0.25, 0.3) is 0 Å². The lowest BCUT2D eigenvalue weighted by Crippen LogP contribution is -2.24. The van der Waals surface area contributed by atoms with E-state index in [4.69, 9.17) is 32.7 Å². The molecule has 0 aromatic heterocycles. The molecule has 0 bridgehead atoms. The highest BCUT2D eigenvalue weighted by Gasteiger charge is 2.69. The Balaban J connectivity index is 1.98. The summed E-state index contributed by atoms with van der Waals surface area (Å²) in [6.07, 6.45) is 0.324. The van der Waals surface area contributed by atoms with Crippen LogP contribution < -0.4 is 4.74 Å². The van der Waals surface area contributed by atoms with Gasteiger partial charge in [0.2, 0.25) is 5.78 Å². The van der Waals surface area contributed by atoms with E-state index in [2.05, 4.69) is 0 Å². The number of benzene rings is 1. The van der Waals surface area contributed by atoms with Crippen molar-refractivity contribution in [1.29, 1.82) is 0 Å². The number of carbonyl (C=O) groups is 2. The number of Topliss-reactive ketones (excluding diaryl/α,β-unsaturated/α-hetero) is 1. The molecule has 0 radical (unpaired) electrons. The highest BCUT2D eigenvalue weighted by molar-refractivity contribution is 6.53. The molecule has 1 atom stereocenters. The Morgan fingerprint density at radius 3 is 2.45 bits per heavy atom.